The predicted molar refractivity (Wildman–Crippen MR) is 64.1 cm³/mol. The lowest BCUT2D eigenvalue weighted by Gasteiger charge is -2.32. The lowest BCUT2D eigenvalue weighted by Crippen LogP contribution is -2.50. The fourth-order valence-corrected chi connectivity index (χ4v) is 1.99. The van der Waals surface area contributed by atoms with Crippen LogP contribution >= 0.6 is 0 Å². The van der Waals surface area contributed by atoms with Gasteiger partial charge in [-0.1, -0.05) is 6.92 Å². The van der Waals surface area contributed by atoms with E-state index in [2.05, 4.69) is 19.2 Å². The van der Waals surface area contributed by atoms with Crippen LogP contribution in [0.25, 0.3) is 0 Å². The highest BCUT2D eigenvalue weighted by molar-refractivity contribution is 5.79. The summed E-state index contributed by atoms with van der Waals surface area (Å²) < 4.78 is 5.33. The third-order valence-corrected chi connectivity index (χ3v) is 3.43. The molecule has 4 heteroatoms. The van der Waals surface area contributed by atoms with Gasteiger partial charge in [-0.25, -0.2) is 0 Å². The maximum atomic E-state index is 12.0. The van der Waals surface area contributed by atoms with Crippen molar-refractivity contribution in [1.82, 2.24) is 5.32 Å². The van der Waals surface area contributed by atoms with E-state index in [-0.39, 0.29) is 17.4 Å². The Bertz CT molecular complexity index is 227. The van der Waals surface area contributed by atoms with Crippen molar-refractivity contribution in [2.75, 3.05) is 19.8 Å². The van der Waals surface area contributed by atoms with Crippen molar-refractivity contribution in [2.24, 2.45) is 11.7 Å². The second-order valence-corrected chi connectivity index (χ2v) is 4.86. The smallest absolute Gasteiger partial charge is 0.225 e. The van der Waals surface area contributed by atoms with Crippen molar-refractivity contribution in [1.29, 1.82) is 0 Å². The van der Waals surface area contributed by atoms with Gasteiger partial charge >= 0.3 is 0 Å². The maximum absolute atomic E-state index is 12.0. The summed E-state index contributed by atoms with van der Waals surface area (Å²) in [7, 11) is 0. The largest absolute Gasteiger partial charge is 0.381 e. The zero-order valence-corrected chi connectivity index (χ0v) is 10.4. The lowest BCUT2D eigenvalue weighted by atomic mass is 9.92. The molecule has 4 nitrogen and oxygen atoms in total. The Hall–Kier alpha value is -0.610. The minimum absolute atomic E-state index is 0.0254. The molecule has 2 unspecified atom stereocenters. The number of hydrogen-bond donors (Lipinski definition) is 2. The van der Waals surface area contributed by atoms with E-state index in [1.807, 2.05) is 0 Å². The number of rotatable bonds is 5. The van der Waals surface area contributed by atoms with Crippen LogP contribution in [-0.4, -0.2) is 31.2 Å². The van der Waals surface area contributed by atoms with Gasteiger partial charge in [-0.05, 0) is 39.2 Å². The molecule has 1 aliphatic rings. The van der Waals surface area contributed by atoms with Crippen LogP contribution in [0.2, 0.25) is 0 Å². The summed E-state index contributed by atoms with van der Waals surface area (Å²) in [4.78, 5) is 12.0. The van der Waals surface area contributed by atoms with Gasteiger partial charge in [-0.2, -0.15) is 0 Å². The minimum atomic E-state index is -0.163. The standard InChI is InChI=1S/C12H24N2O2/c1-3-12(2,6-7-13)14-11(15)10-5-4-8-16-9-10/h10H,3-9,13H2,1-2H3,(H,14,15). The summed E-state index contributed by atoms with van der Waals surface area (Å²) in [5, 5.41) is 3.11. The first-order chi connectivity index (χ1) is 7.61. The fraction of sp³-hybridized carbons (Fsp3) is 0.917. The second-order valence-electron chi connectivity index (χ2n) is 4.86. The molecule has 0 radical (unpaired) electrons. The molecule has 0 aromatic heterocycles. The van der Waals surface area contributed by atoms with E-state index in [0.29, 0.717) is 13.2 Å². The normalized spacial score (nSPS) is 24.8. The number of ether oxygens (including phenoxy) is 1. The fourth-order valence-electron chi connectivity index (χ4n) is 1.99. The Morgan fingerprint density at radius 3 is 2.88 bits per heavy atom. The Labute approximate surface area is 97.9 Å². The number of nitrogens with one attached hydrogen (secondary N) is 1. The van der Waals surface area contributed by atoms with E-state index < -0.39 is 0 Å². The topological polar surface area (TPSA) is 64.3 Å². The monoisotopic (exact) mass is 228 g/mol. The number of hydrogen-bond acceptors (Lipinski definition) is 3. The summed E-state index contributed by atoms with van der Waals surface area (Å²) >= 11 is 0. The third-order valence-electron chi connectivity index (χ3n) is 3.43. The van der Waals surface area contributed by atoms with Gasteiger partial charge in [0.05, 0.1) is 12.5 Å². The molecule has 0 aromatic carbocycles. The van der Waals surface area contributed by atoms with Gasteiger partial charge in [0, 0.05) is 12.1 Å². The van der Waals surface area contributed by atoms with Crippen LogP contribution in [0.15, 0.2) is 0 Å². The Morgan fingerprint density at radius 1 is 1.62 bits per heavy atom. The molecule has 1 aliphatic heterocycles. The summed E-state index contributed by atoms with van der Waals surface area (Å²) in [6, 6.07) is 0. The molecule has 0 bridgehead atoms. The summed E-state index contributed by atoms with van der Waals surface area (Å²) in [5.74, 6) is 0.148. The lowest BCUT2D eigenvalue weighted by molar-refractivity contribution is -0.130. The molecule has 1 rings (SSSR count). The average molecular weight is 228 g/mol. The van der Waals surface area contributed by atoms with Crippen molar-refractivity contribution in [2.45, 2.75) is 45.1 Å². The zero-order chi connectivity index (χ0) is 12.0. The van der Waals surface area contributed by atoms with E-state index in [0.717, 1.165) is 32.3 Å². The van der Waals surface area contributed by atoms with Gasteiger partial charge in [0.15, 0.2) is 0 Å². The van der Waals surface area contributed by atoms with Crippen LogP contribution in [-0.2, 0) is 9.53 Å². The van der Waals surface area contributed by atoms with E-state index in [1.165, 1.54) is 0 Å². The second kappa shape index (κ2) is 6.21. The Kier molecular flexibility index (Phi) is 5.22. The molecule has 0 aromatic rings. The maximum Gasteiger partial charge on any atom is 0.225 e. The van der Waals surface area contributed by atoms with E-state index >= 15 is 0 Å². The summed E-state index contributed by atoms with van der Waals surface area (Å²) in [5.41, 5.74) is 5.40. The Morgan fingerprint density at radius 2 is 2.38 bits per heavy atom. The SMILES string of the molecule is CCC(C)(CCN)NC(=O)C1CCCOC1. The van der Waals surface area contributed by atoms with E-state index in [4.69, 9.17) is 10.5 Å². The van der Waals surface area contributed by atoms with Crippen LogP contribution in [0.4, 0.5) is 0 Å². The van der Waals surface area contributed by atoms with Crippen molar-refractivity contribution < 1.29 is 9.53 Å². The number of carbonyl (C=O) groups is 1. The molecule has 94 valence electrons. The quantitative estimate of drug-likeness (QED) is 0.739. The average Bonchev–Trinajstić information content (AvgIpc) is 2.30. The highest BCUT2D eigenvalue weighted by Crippen LogP contribution is 2.18. The molecule has 0 spiro atoms. The van der Waals surface area contributed by atoms with Crippen LogP contribution in [0.5, 0.6) is 0 Å². The van der Waals surface area contributed by atoms with Gasteiger partial charge < -0.3 is 15.8 Å². The van der Waals surface area contributed by atoms with E-state index in [1.54, 1.807) is 0 Å². The van der Waals surface area contributed by atoms with Gasteiger partial charge in [0.1, 0.15) is 0 Å². The van der Waals surface area contributed by atoms with Crippen molar-refractivity contribution in [3.05, 3.63) is 0 Å². The highest BCUT2D eigenvalue weighted by Gasteiger charge is 2.28. The molecule has 1 amide bonds. The molecule has 0 saturated carbocycles. The number of nitrogens with two attached hydrogens (primary N) is 1. The first-order valence-corrected chi connectivity index (χ1v) is 6.21. The van der Waals surface area contributed by atoms with Crippen molar-refractivity contribution in [3.63, 3.8) is 0 Å². The van der Waals surface area contributed by atoms with Crippen molar-refractivity contribution in [3.8, 4) is 0 Å². The van der Waals surface area contributed by atoms with Crippen LogP contribution in [0, 0.1) is 5.92 Å². The first-order valence-electron chi connectivity index (χ1n) is 6.21. The molecular weight excluding hydrogens is 204 g/mol. The van der Waals surface area contributed by atoms with E-state index in [9.17, 15) is 4.79 Å². The molecule has 16 heavy (non-hydrogen) atoms. The van der Waals surface area contributed by atoms with Gasteiger partial charge in [-0.15, -0.1) is 0 Å². The molecule has 3 N–H and O–H groups in total. The Balaban J connectivity index is 2.47. The van der Waals surface area contributed by atoms with Crippen LogP contribution < -0.4 is 11.1 Å². The molecule has 1 saturated heterocycles. The minimum Gasteiger partial charge on any atom is -0.381 e. The van der Waals surface area contributed by atoms with Crippen molar-refractivity contribution >= 4 is 5.91 Å². The summed E-state index contributed by atoms with van der Waals surface area (Å²) in [6.45, 7) is 6.09. The van der Waals surface area contributed by atoms with Gasteiger partial charge in [-0.3, -0.25) is 4.79 Å². The predicted octanol–water partition coefficient (Wildman–Crippen LogP) is 1.05. The van der Waals surface area contributed by atoms with Crippen LogP contribution in [0.1, 0.15) is 39.5 Å². The molecule has 1 heterocycles. The highest BCUT2D eigenvalue weighted by atomic mass is 16.5. The van der Waals surface area contributed by atoms with Crippen LogP contribution in [0.3, 0.4) is 0 Å². The molecular formula is C12H24N2O2. The zero-order valence-electron chi connectivity index (χ0n) is 10.4. The van der Waals surface area contributed by atoms with Gasteiger partial charge in [0.2, 0.25) is 5.91 Å². The molecule has 0 aliphatic carbocycles. The summed E-state index contributed by atoms with van der Waals surface area (Å²) in [6.07, 6.45) is 3.65. The first kappa shape index (κ1) is 13.5. The third kappa shape index (κ3) is 3.76. The number of amides is 1. The van der Waals surface area contributed by atoms with Gasteiger partial charge in [0.25, 0.3) is 0 Å². The number of carbonyl (C=O) groups excluding carboxylic acids is 1. The molecule has 2 atom stereocenters. The molecule has 1 fully saturated rings.